The molecule has 1 saturated heterocycles. The van der Waals surface area contributed by atoms with E-state index < -0.39 is 6.04 Å². The van der Waals surface area contributed by atoms with Crippen LogP contribution in [0.3, 0.4) is 0 Å². The largest absolute Gasteiger partial charge is 0.371 e. The fourth-order valence-corrected chi connectivity index (χ4v) is 4.28. The zero-order valence-corrected chi connectivity index (χ0v) is 18.2. The van der Waals surface area contributed by atoms with E-state index in [1.807, 2.05) is 67.1 Å². The van der Waals surface area contributed by atoms with Gasteiger partial charge in [-0.2, -0.15) is 0 Å². The summed E-state index contributed by atoms with van der Waals surface area (Å²) in [5, 5.41) is 6.95. The van der Waals surface area contributed by atoms with Crippen LogP contribution in [0.1, 0.15) is 43.1 Å². The van der Waals surface area contributed by atoms with E-state index in [4.69, 9.17) is 0 Å². The summed E-state index contributed by atoms with van der Waals surface area (Å²) < 4.78 is 1.87. The Balaban J connectivity index is 1.47. The van der Waals surface area contributed by atoms with Gasteiger partial charge >= 0.3 is 0 Å². The van der Waals surface area contributed by atoms with Gasteiger partial charge in [0.25, 0.3) is 5.91 Å². The number of hydrogen-bond donors (Lipinski definition) is 2. The van der Waals surface area contributed by atoms with Gasteiger partial charge in [-0.25, -0.2) is 0 Å². The summed E-state index contributed by atoms with van der Waals surface area (Å²) in [7, 11) is 1.87. The maximum absolute atomic E-state index is 13.0. The molecule has 1 unspecified atom stereocenters. The number of anilines is 2. The second-order valence-electron chi connectivity index (χ2n) is 8.20. The molecule has 1 fully saturated rings. The van der Waals surface area contributed by atoms with E-state index in [9.17, 15) is 9.59 Å². The van der Waals surface area contributed by atoms with Crippen LogP contribution < -0.4 is 15.5 Å². The van der Waals surface area contributed by atoms with Crippen molar-refractivity contribution in [3.05, 3.63) is 60.3 Å². The smallest absolute Gasteiger partial charge is 0.268 e. The number of para-hydroxylation sites is 1. The number of amides is 2. The van der Waals surface area contributed by atoms with E-state index in [0.717, 1.165) is 41.8 Å². The maximum atomic E-state index is 13.0. The Hall–Kier alpha value is -3.28. The Kier molecular flexibility index (Phi) is 6.26. The summed E-state index contributed by atoms with van der Waals surface area (Å²) in [5.74, 6) is -0.425. The molecule has 2 heterocycles. The average Bonchev–Trinajstić information content (AvgIpc) is 3.42. The fourth-order valence-electron chi connectivity index (χ4n) is 4.28. The lowest BCUT2D eigenvalue weighted by Crippen LogP contribution is -2.44. The molecule has 1 aromatic heterocycles. The number of aromatic nitrogens is 1. The lowest BCUT2D eigenvalue weighted by molar-refractivity contribution is -0.118. The van der Waals surface area contributed by atoms with Crippen LogP contribution in [0.4, 0.5) is 11.4 Å². The SMILES string of the molecule is CCCC(NC(=O)c1cc2ccccc2n1C)C(=O)Nc1cccc(N2CCCC2)c1. The third kappa shape index (κ3) is 4.58. The molecule has 162 valence electrons. The summed E-state index contributed by atoms with van der Waals surface area (Å²) in [6.07, 6.45) is 3.78. The Morgan fingerprint density at radius 2 is 1.81 bits per heavy atom. The van der Waals surface area contributed by atoms with Crippen molar-refractivity contribution >= 4 is 34.1 Å². The zero-order valence-electron chi connectivity index (χ0n) is 18.2. The standard InChI is InChI=1S/C25H30N4O2/c1-3-9-21(27-25(31)23-16-18-10-4-5-13-22(18)28(23)2)24(30)26-19-11-8-12-20(17-19)29-14-6-7-15-29/h4-5,8,10-13,16-17,21H,3,6-7,9,14-15H2,1-2H3,(H,26,30)(H,27,31). The zero-order chi connectivity index (χ0) is 21.8. The third-order valence-electron chi connectivity index (χ3n) is 5.97. The maximum Gasteiger partial charge on any atom is 0.268 e. The third-order valence-corrected chi connectivity index (χ3v) is 5.97. The predicted octanol–water partition coefficient (Wildman–Crippen LogP) is 4.32. The molecule has 1 atom stereocenters. The van der Waals surface area contributed by atoms with E-state index in [-0.39, 0.29) is 11.8 Å². The van der Waals surface area contributed by atoms with Crippen molar-refractivity contribution in [2.75, 3.05) is 23.3 Å². The molecule has 2 amide bonds. The highest BCUT2D eigenvalue weighted by atomic mass is 16.2. The highest BCUT2D eigenvalue weighted by molar-refractivity contribution is 6.03. The quantitative estimate of drug-likeness (QED) is 0.601. The first-order valence-electron chi connectivity index (χ1n) is 11.1. The highest BCUT2D eigenvalue weighted by Crippen LogP contribution is 2.24. The summed E-state index contributed by atoms with van der Waals surface area (Å²) in [5.41, 5.74) is 3.42. The highest BCUT2D eigenvalue weighted by Gasteiger charge is 2.23. The second kappa shape index (κ2) is 9.25. The number of benzene rings is 2. The van der Waals surface area contributed by atoms with E-state index in [1.165, 1.54) is 12.8 Å². The molecule has 3 aromatic rings. The van der Waals surface area contributed by atoms with Crippen LogP contribution in [0.2, 0.25) is 0 Å². The van der Waals surface area contributed by atoms with Crippen LogP contribution in [-0.2, 0) is 11.8 Å². The molecular formula is C25H30N4O2. The average molecular weight is 419 g/mol. The number of hydrogen-bond acceptors (Lipinski definition) is 3. The van der Waals surface area contributed by atoms with Crippen LogP contribution in [-0.4, -0.2) is 35.5 Å². The van der Waals surface area contributed by atoms with Gasteiger partial charge in [-0.3, -0.25) is 9.59 Å². The van der Waals surface area contributed by atoms with Gasteiger partial charge in [0.05, 0.1) is 0 Å². The number of nitrogens with zero attached hydrogens (tertiary/aromatic N) is 2. The van der Waals surface area contributed by atoms with Crippen LogP contribution in [0, 0.1) is 0 Å². The Labute approximate surface area is 183 Å². The second-order valence-corrected chi connectivity index (χ2v) is 8.20. The number of carbonyl (C=O) groups excluding carboxylic acids is 2. The van der Waals surface area contributed by atoms with Crippen molar-refractivity contribution < 1.29 is 9.59 Å². The Bertz CT molecular complexity index is 1080. The van der Waals surface area contributed by atoms with Gasteiger partial charge in [0.15, 0.2) is 0 Å². The predicted molar refractivity (Wildman–Crippen MR) is 126 cm³/mol. The molecule has 2 aromatic carbocycles. The van der Waals surface area contributed by atoms with Crippen molar-refractivity contribution in [2.24, 2.45) is 7.05 Å². The molecule has 2 N–H and O–H groups in total. The lowest BCUT2D eigenvalue weighted by Gasteiger charge is -2.20. The molecule has 0 spiro atoms. The van der Waals surface area contributed by atoms with Crippen molar-refractivity contribution in [1.82, 2.24) is 9.88 Å². The van der Waals surface area contributed by atoms with Gasteiger partial charge in [0, 0.05) is 42.4 Å². The van der Waals surface area contributed by atoms with Crippen molar-refractivity contribution in [3.63, 3.8) is 0 Å². The number of carbonyl (C=O) groups is 2. The van der Waals surface area contributed by atoms with Crippen LogP contribution in [0.25, 0.3) is 10.9 Å². The first-order valence-corrected chi connectivity index (χ1v) is 11.1. The topological polar surface area (TPSA) is 66.4 Å². The van der Waals surface area contributed by atoms with E-state index >= 15 is 0 Å². The molecule has 0 saturated carbocycles. The van der Waals surface area contributed by atoms with E-state index in [2.05, 4.69) is 21.6 Å². The summed E-state index contributed by atoms with van der Waals surface area (Å²) in [4.78, 5) is 28.3. The molecule has 0 bridgehead atoms. The van der Waals surface area contributed by atoms with Crippen LogP contribution >= 0.6 is 0 Å². The van der Waals surface area contributed by atoms with Crippen molar-refractivity contribution in [1.29, 1.82) is 0 Å². The van der Waals surface area contributed by atoms with Gasteiger partial charge in [-0.15, -0.1) is 0 Å². The van der Waals surface area contributed by atoms with Crippen molar-refractivity contribution in [3.8, 4) is 0 Å². The van der Waals surface area contributed by atoms with Gasteiger partial charge in [0.1, 0.15) is 11.7 Å². The molecule has 0 aliphatic carbocycles. The van der Waals surface area contributed by atoms with E-state index in [1.54, 1.807) is 0 Å². The minimum atomic E-state index is -0.592. The van der Waals surface area contributed by atoms with Crippen molar-refractivity contribution in [2.45, 2.75) is 38.6 Å². The van der Waals surface area contributed by atoms with Gasteiger partial charge < -0.3 is 20.1 Å². The molecule has 6 nitrogen and oxygen atoms in total. The number of aryl methyl sites for hydroxylation is 1. The molecule has 1 aliphatic heterocycles. The molecule has 0 radical (unpaired) electrons. The molecule has 4 rings (SSSR count). The first-order chi connectivity index (χ1) is 15.1. The molecule has 1 aliphatic rings. The summed E-state index contributed by atoms with van der Waals surface area (Å²) in [6.45, 7) is 4.12. The minimum Gasteiger partial charge on any atom is -0.371 e. The fraction of sp³-hybridized carbons (Fsp3) is 0.360. The van der Waals surface area contributed by atoms with Gasteiger partial charge in [0.2, 0.25) is 5.91 Å². The van der Waals surface area contributed by atoms with Crippen LogP contribution in [0.15, 0.2) is 54.6 Å². The minimum absolute atomic E-state index is 0.187. The number of nitrogens with one attached hydrogen (secondary N) is 2. The Morgan fingerprint density at radius 1 is 1.03 bits per heavy atom. The number of rotatable bonds is 7. The lowest BCUT2D eigenvalue weighted by atomic mass is 10.1. The summed E-state index contributed by atoms with van der Waals surface area (Å²) in [6, 6.07) is 17.1. The van der Waals surface area contributed by atoms with Crippen LogP contribution in [0.5, 0.6) is 0 Å². The monoisotopic (exact) mass is 418 g/mol. The Morgan fingerprint density at radius 3 is 2.55 bits per heavy atom. The molecule has 6 heteroatoms. The molecule has 31 heavy (non-hydrogen) atoms. The summed E-state index contributed by atoms with van der Waals surface area (Å²) >= 11 is 0. The first kappa shape index (κ1) is 21.0. The number of fused-ring (bicyclic) bond motifs is 1. The van der Waals surface area contributed by atoms with E-state index in [0.29, 0.717) is 12.1 Å². The molecular weight excluding hydrogens is 388 g/mol. The van der Waals surface area contributed by atoms with Gasteiger partial charge in [-0.05, 0) is 49.6 Å². The normalized spacial score (nSPS) is 14.6. The van der Waals surface area contributed by atoms with Gasteiger partial charge in [-0.1, -0.05) is 37.6 Å².